The molecule has 1 heterocycles. The van der Waals surface area contributed by atoms with Gasteiger partial charge in [0.15, 0.2) is 0 Å². The predicted octanol–water partition coefficient (Wildman–Crippen LogP) is 1.87. The lowest BCUT2D eigenvalue weighted by atomic mass is 9.93. The van der Waals surface area contributed by atoms with Crippen LogP contribution in [0.2, 0.25) is 5.02 Å². The third-order valence-corrected chi connectivity index (χ3v) is 3.44. The molecule has 1 atom stereocenters. The van der Waals surface area contributed by atoms with Crippen LogP contribution >= 0.6 is 11.6 Å². The van der Waals surface area contributed by atoms with E-state index in [0.29, 0.717) is 17.3 Å². The molecular weight excluding hydrogens is 226 g/mol. The molecule has 1 aromatic rings. The summed E-state index contributed by atoms with van der Waals surface area (Å²) in [5.41, 5.74) is 0.102. The molecule has 0 amide bonds. The first kappa shape index (κ1) is 11.7. The van der Waals surface area contributed by atoms with Gasteiger partial charge in [-0.2, -0.15) is 0 Å². The van der Waals surface area contributed by atoms with E-state index in [9.17, 15) is 5.11 Å². The van der Waals surface area contributed by atoms with Crippen LogP contribution in [0.25, 0.3) is 0 Å². The lowest BCUT2D eigenvalue weighted by Crippen LogP contribution is -2.29. The second-order valence-electron chi connectivity index (χ2n) is 4.37. The molecule has 0 aromatic heterocycles. The number of methoxy groups -OCH3 is 1. The molecule has 88 valence electrons. The maximum Gasteiger partial charge on any atom is 0.137 e. The van der Waals surface area contributed by atoms with Gasteiger partial charge >= 0.3 is 0 Å². The zero-order chi connectivity index (χ0) is 11.8. The van der Waals surface area contributed by atoms with Gasteiger partial charge in [-0.15, -0.1) is 0 Å². The van der Waals surface area contributed by atoms with Crippen LogP contribution in [0, 0.1) is 0 Å². The second-order valence-corrected chi connectivity index (χ2v) is 4.78. The number of likely N-dealkylation sites (N-methyl/N-ethyl adjacent to an activating group) is 1. The topological polar surface area (TPSA) is 32.7 Å². The molecule has 1 saturated heterocycles. The molecular formula is C12H16ClNO2. The summed E-state index contributed by atoms with van der Waals surface area (Å²) in [7, 11) is 3.58. The van der Waals surface area contributed by atoms with E-state index in [0.717, 1.165) is 18.5 Å². The highest BCUT2D eigenvalue weighted by Gasteiger charge is 2.36. The molecule has 3 nitrogen and oxygen atoms in total. The monoisotopic (exact) mass is 241 g/mol. The first-order chi connectivity index (χ1) is 7.55. The van der Waals surface area contributed by atoms with E-state index < -0.39 is 5.60 Å². The van der Waals surface area contributed by atoms with Gasteiger partial charge in [0.2, 0.25) is 0 Å². The minimum Gasteiger partial charge on any atom is -0.495 e. The summed E-state index contributed by atoms with van der Waals surface area (Å²) in [4.78, 5) is 2.11. The highest BCUT2D eigenvalue weighted by Crippen LogP contribution is 2.35. The number of ether oxygens (including phenoxy) is 1. The molecule has 0 spiro atoms. The molecule has 0 radical (unpaired) electrons. The number of likely N-dealkylation sites (tertiary alicyclic amines) is 1. The second kappa shape index (κ2) is 4.24. The van der Waals surface area contributed by atoms with Crippen LogP contribution in [0.1, 0.15) is 12.0 Å². The summed E-state index contributed by atoms with van der Waals surface area (Å²) >= 11 is 5.96. The number of hydrogen-bond donors (Lipinski definition) is 1. The molecule has 1 N–H and O–H groups in total. The molecule has 1 aliphatic rings. The van der Waals surface area contributed by atoms with Crippen LogP contribution in [0.15, 0.2) is 18.2 Å². The molecule has 1 aliphatic heterocycles. The van der Waals surface area contributed by atoms with E-state index >= 15 is 0 Å². The Hall–Kier alpha value is -0.770. The van der Waals surface area contributed by atoms with Crippen LogP contribution in [-0.4, -0.2) is 37.3 Å². The quantitative estimate of drug-likeness (QED) is 0.858. The van der Waals surface area contributed by atoms with Gasteiger partial charge in [-0.3, -0.25) is 0 Å². The summed E-state index contributed by atoms with van der Waals surface area (Å²) in [5.74, 6) is 0.613. The Balaban J connectivity index is 2.33. The van der Waals surface area contributed by atoms with E-state index in [1.807, 2.05) is 19.2 Å². The Morgan fingerprint density at radius 2 is 2.25 bits per heavy atom. The predicted molar refractivity (Wildman–Crippen MR) is 64.0 cm³/mol. The van der Waals surface area contributed by atoms with Gasteiger partial charge in [0.1, 0.15) is 11.4 Å². The smallest absolute Gasteiger partial charge is 0.137 e. The average molecular weight is 242 g/mol. The van der Waals surface area contributed by atoms with Crippen LogP contribution in [0.5, 0.6) is 5.75 Å². The fourth-order valence-electron chi connectivity index (χ4n) is 2.17. The van der Waals surface area contributed by atoms with E-state index in [2.05, 4.69) is 4.90 Å². The summed E-state index contributed by atoms with van der Waals surface area (Å²) in [6.07, 6.45) is 0.744. The van der Waals surface area contributed by atoms with Crippen molar-refractivity contribution in [2.45, 2.75) is 12.0 Å². The molecule has 0 bridgehead atoms. The Bertz CT molecular complexity index is 397. The summed E-state index contributed by atoms with van der Waals surface area (Å²) in [5, 5.41) is 11.1. The zero-order valence-corrected chi connectivity index (χ0v) is 10.3. The van der Waals surface area contributed by atoms with Crippen molar-refractivity contribution in [2.75, 3.05) is 27.2 Å². The maximum atomic E-state index is 10.5. The molecule has 2 rings (SSSR count). The average Bonchev–Trinajstić information content (AvgIpc) is 2.60. The van der Waals surface area contributed by atoms with Crippen LogP contribution < -0.4 is 4.74 Å². The minimum absolute atomic E-state index is 0.571. The van der Waals surface area contributed by atoms with E-state index in [-0.39, 0.29) is 0 Å². The molecule has 0 saturated carbocycles. The standard InChI is InChI=1S/C12H16ClNO2/c1-14-6-5-12(15,8-14)9-3-4-10(13)11(7-9)16-2/h3-4,7,15H,5-6,8H2,1-2H3. The van der Waals surface area contributed by atoms with Crippen LogP contribution in [0.4, 0.5) is 0 Å². The van der Waals surface area contributed by atoms with Gasteiger partial charge in [-0.1, -0.05) is 17.7 Å². The van der Waals surface area contributed by atoms with Gasteiger partial charge in [-0.25, -0.2) is 0 Å². The first-order valence-electron chi connectivity index (χ1n) is 5.30. The Morgan fingerprint density at radius 3 is 2.81 bits per heavy atom. The zero-order valence-electron chi connectivity index (χ0n) is 9.53. The van der Waals surface area contributed by atoms with Crippen molar-refractivity contribution >= 4 is 11.6 Å². The molecule has 1 fully saturated rings. The van der Waals surface area contributed by atoms with Gasteiger partial charge in [-0.05, 0) is 31.2 Å². The van der Waals surface area contributed by atoms with Crippen molar-refractivity contribution in [1.82, 2.24) is 4.90 Å². The third-order valence-electron chi connectivity index (χ3n) is 3.13. The fourth-order valence-corrected chi connectivity index (χ4v) is 2.36. The van der Waals surface area contributed by atoms with Gasteiger partial charge in [0, 0.05) is 13.1 Å². The SMILES string of the molecule is COc1cc(C2(O)CCN(C)C2)ccc1Cl. The molecule has 16 heavy (non-hydrogen) atoms. The highest BCUT2D eigenvalue weighted by molar-refractivity contribution is 6.32. The number of β-amino-alcohol motifs (C(OH)–C–C–N with tert-alkyl or cyclic N) is 1. The lowest BCUT2D eigenvalue weighted by Gasteiger charge is -2.23. The van der Waals surface area contributed by atoms with Crippen LogP contribution in [0.3, 0.4) is 0 Å². The molecule has 4 heteroatoms. The number of hydrogen-bond acceptors (Lipinski definition) is 3. The van der Waals surface area contributed by atoms with Gasteiger partial charge in [0.05, 0.1) is 12.1 Å². The van der Waals surface area contributed by atoms with Gasteiger partial charge in [0.25, 0.3) is 0 Å². The summed E-state index contributed by atoms with van der Waals surface area (Å²) in [6, 6.07) is 5.46. The largest absolute Gasteiger partial charge is 0.495 e. The first-order valence-corrected chi connectivity index (χ1v) is 5.68. The maximum absolute atomic E-state index is 10.5. The number of rotatable bonds is 2. The molecule has 1 aromatic carbocycles. The highest BCUT2D eigenvalue weighted by atomic mass is 35.5. The number of aliphatic hydroxyl groups is 1. The Morgan fingerprint density at radius 1 is 1.50 bits per heavy atom. The molecule has 0 aliphatic carbocycles. The van der Waals surface area contributed by atoms with E-state index in [4.69, 9.17) is 16.3 Å². The Labute approximate surface area is 101 Å². The normalized spacial score (nSPS) is 26.0. The number of benzene rings is 1. The van der Waals surface area contributed by atoms with Crippen molar-refractivity contribution in [1.29, 1.82) is 0 Å². The number of nitrogens with zero attached hydrogens (tertiary/aromatic N) is 1. The number of halogens is 1. The van der Waals surface area contributed by atoms with Crippen molar-refractivity contribution in [2.24, 2.45) is 0 Å². The van der Waals surface area contributed by atoms with Crippen LogP contribution in [-0.2, 0) is 5.60 Å². The van der Waals surface area contributed by atoms with Crippen molar-refractivity contribution in [3.05, 3.63) is 28.8 Å². The van der Waals surface area contributed by atoms with Crippen molar-refractivity contribution in [3.8, 4) is 5.75 Å². The Kier molecular flexibility index (Phi) is 3.10. The minimum atomic E-state index is -0.771. The lowest BCUT2D eigenvalue weighted by molar-refractivity contribution is 0.0487. The molecule has 1 unspecified atom stereocenters. The van der Waals surface area contributed by atoms with E-state index in [1.54, 1.807) is 13.2 Å². The van der Waals surface area contributed by atoms with Crippen molar-refractivity contribution < 1.29 is 9.84 Å². The van der Waals surface area contributed by atoms with Crippen molar-refractivity contribution in [3.63, 3.8) is 0 Å². The fraction of sp³-hybridized carbons (Fsp3) is 0.500. The van der Waals surface area contributed by atoms with Gasteiger partial charge < -0.3 is 14.7 Å². The van der Waals surface area contributed by atoms with E-state index in [1.165, 1.54) is 0 Å². The summed E-state index contributed by atoms with van der Waals surface area (Å²) < 4.78 is 5.16. The third kappa shape index (κ3) is 2.03. The summed E-state index contributed by atoms with van der Waals surface area (Å²) in [6.45, 7) is 1.55.